The van der Waals surface area contributed by atoms with Gasteiger partial charge in [0.25, 0.3) is 0 Å². The van der Waals surface area contributed by atoms with Gasteiger partial charge in [-0.2, -0.15) is 4.37 Å². The molecule has 0 atom stereocenters. The van der Waals surface area contributed by atoms with Crippen molar-refractivity contribution >= 4 is 32.4 Å². The van der Waals surface area contributed by atoms with E-state index in [2.05, 4.69) is 9.36 Å². The number of hydrogen-bond donors (Lipinski definition) is 1. The summed E-state index contributed by atoms with van der Waals surface area (Å²) in [7, 11) is 1.11. The van der Waals surface area contributed by atoms with Crippen LogP contribution in [0.2, 0.25) is 0 Å². The first-order valence-corrected chi connectivity index (χ1v) is 8.33. The second kappa shape index (κ2) is 5.96. The van der Waals surface area contributed by atoms with Gasteiger partial charge >= 0.3 is 0 Å². The zero-order valence-electron chi connectivity index (χ0n) is 12.0. The smallest absolute Gasteiger partial charge is 0.249 e. The molecule has 9 heteroatoms. The number of nitrogen functional groups attached to an aromatic ring is 1. The average Bonchev–Trinajstić information content (AvgIpc) is 2.82. The van der Waals surface area contributed by atoms with Crippen molar-refractivity contribution in [3.8, 4) is 0 Å². The molecule has 2 aromatic rings. The Labute approximate surface area is 128 Å². The van der Waals surface area contributed by atoms with E-state index in [1.807, 2.05) is 12.1 Å². The standard InChI is InChI=1S/C12H17N5O2S2/c1-16(2)21(18,19)10-11(13)15-20-12(10)17(3)8-9-5-4-6-14-7-9/h4-7H,8H2,1-3H3,(H2,13,15). The van der Waals surface area contributed by atoms with E-state index in [9.17, 15) is 8.42 Å². The van der Waals surface area contributed by atoms with E-state index in [0.717, 1.165) is 21.4 Å². The Morgan fingerprint density at radius 1 is 1.33 bits per heavy atom. The quantitative estimate of drug-likeness (QED) is 0.881. The van der Waals surface area contributed by atoms with E-state index in [1.165, 1.54) is 14.1 Å². The number of aromatic nitrogens is 2. The van der Waals surface area contributed by atoms with E-state index in [0.29, 0.717) is 11.5 Å². The molecule has 0 saturated carbocycles. The minimum atomic E-state index is -3.63. The first kappa shape index (κ1) is 15.7. The van der Waals surface area contributed by atoms with Crippen LogP contribution in [0.5, 0.6) is 0 Å². The lowest BCUT2D eigenvalue weighted by Gasteiger charge is -2.20. The lowest BCUT2D eigenvalue weighted by molar-refractivity contribution is 0.521. The molecule has 0 bridgehead atoms. The molecule has 0 aromatic carbocycles. The summed E-state index contributed by atoms with van der Waals surface area (Å²) in [6.45, 7) is 0.519. The van der Waals surface area contributed by atoms with E-state index >= 15 is 0 Å². The van der Waals surface area contributed by atoms with Gasteiger partial charge in [0.2, 0.25) is 10.0 Å². The number of pyridine rings is 1. The monoisotopic (exact) mass is 327 g/mol. The summed E-state index contributed by atoms with van der Waals surface area (Å²) in [5.41, 5.74) is 6.72. The largest absolute Gasteiger partial charge is 0.382 e. The second-order valence-electron chi connectivity index (χ2n) is 4.71. The lowest BCUT2D eigenvalue weighted by atomic mass is 10.3. The molecule has 2 aromatic heterocycles. The Balaban J connectivity index is 2.38. The molecule has 0 unspecified atom stereocenters. The highest BCUT2D eigenvalue weighted by Gasteiger charge is 2.29. The molecule has 0 aliphatic carbocycles. The SMILES string of the molecule is CN(Cc1cccnc1)c1snc(N)c1S(=O)(=O)N(C)C. The van der Waals surface area contributed by atoms with Crippen LogP contribution in [0.1, 0.15) is 5.56 Å². The third kappa shape index (κ3) is 3.14. The molecule has 114 valence electrons. The predicted octanol–water partition coefficient (Wildman–Crippen LogP) is 1.01. The zero-order valence-corrected chi connectivity index (χ0v) is 13.6. The fraction of sp³-hybridized carbons (Fsp3) is 0.333. The average molecular weight is 327 g/mol. The Kier molecular flexibility index (Phi) is 4.45. The van der Waals surface area contributed by atoms with Crippen LogP contribution < -0.4 is 10.6 Å². The van der Waals surface area contributed by atoms with Crippen molar-refractivity contribution in [3.05, 3.63) is 30.1 Å². The maximum absolute atomic E-state index is 12.4. The zero-order chi connectivity index (χ0) is 15.6. The number of nitrogens with two attached hydrogens (primary N) is 1. The second-order valence-corrected chi connectivity index (χ2v) is 7.55. The molecule has 0 aliphatic heterocycles. The predicted molar refractivity (Wildman–Crippen MR) is 83.7 cm³/mol. The molecule has 0 fully saturated rings. The van der Waals surface area contributed by atoms with Crippen LogP contribution in [0.25, 0.3) is 0 Å². The van der Waals surface area contributed by atoms with Gasteiger partial charge in [-0.15, -0.1) is 0 Å². The number of anilines is 2. The third-order valence-corrected chi connectivity index (χ3v) is 5.87. The molecule has 2 heterocycles. The lowest BCUT2D eigenvalue weighted by Crippen LogP contribution is -2.25. The van der Waals surface area contributed by atoms with Crippen LogP contribution in [0.4, 0.5) is 10.8 Å². The molecule has 0 saturated heterocycles. The van der Waals surface area contributed by atoms with Crippen molar-refractivity contribution < 1.29 is 8.42 Å². The fourth-order valence-corrected chi connectivity index (χ4v) is 3.99. The van der Waals surface area contributed by atoms with Crippen molar-refractivity contribution in [2.75, 3.05) is 31.8 Å². The van der Waals surface area contributed by atoms with Crippen LogP contribution in [0.15, 0.2) is 29.4 Å². The highest BCUT2D eigenvalue weighted by atomic mass is 32.2. The first-order chi connectivity index (χ1) is 9.84. The Morgan fingerprint density at radius 2 is 2.05 bits per heavy atom. The molecule has 0 aliphatic rings. The van der Waals surface area contributed by atoms with Crippen LogP contribution in [-0.4, -0.2) is 43.2 Å². The van der Waals surface area contributed by atoms with Crippen molar-refractivity contribution in [2.45, 2.75) is 11.4 Å². The van der Waals surface area contributed by atoms with Crippen LogP contribution in [0.3, 0.4) is 0 Å². The summed E-state index contributed by atoms with van der Waals surface area (Å²) in [6.07, 6.45) is 3.43. The normalized spacial score (nSPS) is 11.8. The molecule has 0 spiro atoms. The van der Waals surface area contributed by atoms with Crippen LogP contribution in [-0.2, 0) is 16.6 Å². The number of sulfonamides is 1. The van der Waals surface area contributed by atoms with E-state index in [1.54, 1.807) is 24.3 Å². The summed E-state index contributed by atoms with van der Waals surface area (Å²) in [5.74, 6) is 0.0294. The summed E-state index contributed by atoms with van der Waals surface area (Å²) < 4.78 is 29.8. The minimum absolute atomic E-state index is 0.0294. The van der Waals surface area contributed by atoms with E-state index < -0.39 is 10.0 Å². The molecule has 0 amide bonds. The molecule has 7 nitrogen and oxygen atoms in total. The van der Waals surface area contributed by atoms with Crippen LogP contribution >= 0.6 is 11.5 Å². The van der Waals surface area contributed by atoms with Gasteiger partial charge in [-0.1, -0.05) is 6.07 Å². The minimum Gasteiger partial charge on any atom is -0.382 e. The summed E-state index contributed by atoms with van der Waals surface area (Å²) in [5, 5.41) is 0.519. The Bertz CT molecular complexity index is 713. The summed E-state index contributed by atoms with van der Waals surface area (Å²) in [6, 6.07) is 3.76. The molecular formula is C12H17N5O2S2. The van der Waals surface area contributed by atoms with Crippen molar-refractivity contribution in [2.24, 2.45) is 0 Å². The number of hydrogen-bond acceptors (Lipinski definition) is 7. The molecule has 0 radical (unpaired) electrons. The highest BCUT2D eigenvalue weighted by molar-refractivity contribution is 7.89. The Morgan fingerprint density at radius 3 is 2.62 bits per heavy atom. The van der Waals surface area contributed by atoms with Gasteiger partial charge in [0.05, 0.1) is 0 Å². The van der Waals surface area contributed by atoms with Gasteiger partial charge < -0.3 is 10.6 Å². The van der Waals surface area contributed by atoms with Crippen molar-refractivity contribution in [1.29, 1.82) is 0 Å². The molecular weight excluding hydrogens is 310 g/mol. The van der Waals surface area contributed by atoms with Gasteiger partial charge in [-0.05, 0) is 23.2 Å². The molecule has 2 N–H and O–H groups in total. The maximum atomic E-state index is 12.4. The van der Waals surface area contributed by atoms with Gasteiger partial charge in [0, 0.05) is 40.1 Å². The summed E-state index contributed by atoms with van der Waals surface area (Å²) >= 11 is 1.07. The first-order valence-electron chi connectivity index (χ1n) is 6.11. The molecule has 21 heavy (non-hydrogen) atoms. The topological polar surface area (TPSA) is 92.4 Å². The summed E-state index contributed by atoms with van der Waals surface area (Å²) in [4.78, 5) is 5.91. The highest BCUT2D eigenvalue weighted by Crippen LogP contribution is 2.35. The number of rotatable bonds is 5. The maximum Gasteiger partial charge on any atom is 0.249 e. The Hall–Kier alpha value is -1.71. The number of nitrogens with zero attached hydrogens (tertiary/aromatic N) is 4. The van der Waals surface area contributed by atoms with Gasteiger partial charge in [0.1, 0.15) is 5.00 Å². The van der Waals surface area contributed by atoms with Crippen LogP contribution in [0, 0.1) is 0 Å². The van der Waals surface area contributed by atoms with Crippen molar-refractivity contribution in [3.63, 3.8) is 0 Å². The van der Waals surface area contributed by atoms with Crippen molar-refractivity contribution in [1.82, 2.24) is 13.7 Å². The van der Waals surface area contributed by atoms with E-state index in [4.69, 9.17) is 5.73 Å². The van der Waals surface area contributed by atoms with Gasteiger partial charge in [-0.3, -0.25) is 4.98 Å². The van der Waals surface area contributed by atoms with Gasteiger partial charge in [0.15, 0.2) is 10.7 Å². The molecule has 2 rings (SSSR count). The van der Waals surface area contributed by atoms with E-state index in [-0.39, 0.29) is 10.7 Å². The fourth-order valence-electron chi connectivity index (χ4n) is 1.79. The van der Waals surface area contributed by atoms with Gasteiger partial charge in [-0.25, -0.2) is 12.7 Å². The third-order valence-electron chi connectivity index (χ3n) is 2.89.